The standard InChI is InChI=1S/C12H26N2O2/c1-6-12(11(15)16,13-10(2)3)8-7-9-14(4)5/h10,13H,6-9H2,1-5H3,(H,15,16). The van der Waals surface area contributed by atoms with E-state index in [-0.39, 0.29) is 6.04 Å². The van der Waals surface area contributed by atoms with Crippen molar-refractivity contribution in [3.05, 3.63) is 0 Å². The third-order valence-electron chi connectivity index (χ3n) is 2.79. The molecule has 0 amide bonds. The SMILES string of the molecule is CCC(CCCN(C)C)(NC(C)C)C(=O)O. The van der Waals surface area contributed by atoms with Crippen LogP contribution in [0.2, 0.25) is 0 Å². The van der Waals surface area contributed by atoms with Gasteiger partial charge in [0.1, 0.15) is 5.54 Å². The monoisotopic (exact) mass is 230 g/mol. The van der Waals surface area contributed by atoms with Crippen molar-refractivity contribution < 1.29 is 9.90 Å². The molecule has 4 heteroatoms. The number of carboxylic acids is 1. The Morgan fingerprint density at radius 2 is 2.00 bits per heavy atom. The summed E-state index contributed by atoms with van der Waals surface area (Å²) in [6.45, 7) is 6.83. The first kappa shape index (κ1) is 15.4. The van der Waals surface area contributed by atoms with Crippen molar-refractivity contribution >= 4 is 5.97 Å². The maximum absolute atomic E-state index is 11.4. The summed E-state index contributed by atoms with van der Waals surface area (Å²) in [7, 11) is 4.01. The maximum Gasteiger partial charge on any atom is 0.323 e. The predicted octanol–water partition coefficient (Wildman–Crippen LogP) is 1.56. The van der Waals surface area contributed by atoms with Crippen LogP contribution < -0.4 is 5.32 Å². The van der Waals surface area contributed by atoms with Crippen LogP contribution in [0.1, 0.15) is 40.0 Å². The van der Waals surface area contributed by atoms with Gasteiger partial charge in [0, 0.05) is 6.04 Å². The second kappa shape index (κ2) is 6.86. The molecule has 0 spiro atoms. The van der Waals surface area contributed by atoms with E-state index < -0.39 is 11.5 Å². The average Bonchev–Trinajstić information content (AvgIpc) is 2.14. The Labute approximate surface area is 99.0 Å². The van der Waals surface area contributed by atoms with Gasteiger partial charge < -0.3 is 10.0 Å². The molecule has 1 atom stereocenters. The van der Waals surface area contributed by atoms with Gasteiger partial charge >= 0.3 is 5.97 Å². The lowest BCUT2D eigenvalue weighted by Gasteiger charge is -2.32. The molecule has 0 aromatic rings. The molecule has 2 N–H and O–H groups in total. The normalized spacial score (nSPS) is 15.4. The lowest BCUT2D eigenvalue weighted by Crippen LogP contribution is -2.54. The Morgan fingerprint density at radius 3 is 2.31 bits per heavy atom. The Morgan fingerprint density at radius 1 is 1.44 bits per heavy atom. The molecule has 0 bridgehead atoms. The highest BCUT2D eigenvalue weighted by molar-refractivity contribution is 5.78. The first-order valence-electron chi connectivity index (χ1n) is 6.00. The van der Waals surface area contributed by atoms with Gasteiger partial charge in [-0.15, -0.1) is 0 Å². The molecule has 0 heterocycles. The molecule has 16 heavy (non-hydrogen) atoms. The number of hydrogen-bond donors (Lipinski definition) is 2. The van der Waals surface area contributed by atoms with Crippen molar-refractivity contribution in [1.82, 2.24) is 10.2 Å². The fourth-order valence-electron chi connectivity index (χ4n) is 1.92. The average molecular weight is 230 g/mol. The van der Waals surface area contributed by atoms with Crippen molar-refractivity contribution in [2.45, 2.75) is 51.6 Å². The van der Waals surface area contributed by atoms with Crippen LogP contribution >= 0.6 is 0 Å². The number of aliphatic carboxylic acids is 1. The Hall–Kier alpha value is -0.610. The zero-order valence-corrected chi connectivity index (χ0v) is 11.2. The fraction of sp³-hybridized carbons (Fsp3) is 0.917. The molecule has 96 valence electrons. The second-order valence-corrected chi connectivity index (χ2v) is 4.95. The smallest absolute Gasteiger partial charge is 0.323 e. The predicted molar refractivity (Wildman–Crippen MR) is 66.7 cm³/mol. The lowest BCUT2D eigenvalue weighted by atomic mass is 9.89. The van der Waals surface area contributed by atoms with Crippen LogP contribution in [-0.4, -0.2) is 48.2 Å². The number of rotatable bonds is 8. The third kappa shape index (κ3) is 4.94. The van der Waals surface area contributed by atoms with Gasteiger partial charge in [0.2, 0.25) is 0 Å². The second-order valence-electron chi connectivity index (χ2n) is 4.95. The Balaban J connectivity index is 4.45. The maximum atomic E-state index is 11.4. The molecule has 0 rings (SSSR count). The molecule has 0 fully saturated rings. The van der Waals surface area contributed by atoms with Crippen LogP contribution in [-0.2, 0) is 4.79 Å². The van der Waals surface area contributed by atoms with Crippen LogP contribution in [0, 0.1) is 0 Å². The lowest BCUT2D eigenvalue weighted by molar-refractivity contribution is -0.145. The molecule has 0 saturated carbocycles. The molecule has 0 saturated heterocycles. The highest BCUT2D eigenvalue weighted by Crippen LogP contribution is 2.19. The molecule has 0 aliphatic heterocycles. The summed E-state index contributed by atoms with van der Waals surface area (Å²) in [5.74, 6) is -0.734. The van der Waals surface area contributed by atoms with E-state index in [1.165, 1.54) is 0 Å². The highest BCUT2D eigenvalue weighted by Gasteiger charge is 2.36. The van der Waals surface area contributed by atoms with E-state index in [4.69, 9.17) is 0 Å². The van der Waals surface area contributed by atoms with Gasteiger partial charge in [-0.2, -0.15) is 0 Å². The summed E-state index contributed by atoms with van der Waals surface area (Å²) in [5, 5.41) is 12.6. The number of nitrogens with zero attached hydrogens (tertiary/aromatic N) is 1. The summed E-state index contributed by atoms with van der Waals surface area (Å²) in [4.78, 5) is 13.5. The van der Waals surface area contributed by atoms with E-state index in [1.54, 1.807) is 0 Å². The van der Waals surface area contributed by atoms with Gasteiger partial charge in [-0.1, -0.05) is 6.92 Å². The first-order chi connectivity index (χ1) is 7.34. The van der Waals surface area contributed by atoms with E-state index in [9.17, 15) is 9.90 Å². The molecule has 0 aromatic carbocycles. The van der Waals surface area contributed by atoms with Crippen LogP contribution in [0.4, 0.5) is 0 Å². The zero-order valence-electron chi connectivity index (χ0n) is 11.2. The number of carbonyl (C=O) groups is 1. The topological polar surface area (TPSA) is 52.6 Å². The molecule has 0 aliphatic carbocycles. The summed E-state index contributed by atoms with van der Waals surface area (Å²) in [6.07, 6.45) is 2.19. The fourth-order valence-corrected chi connectivity index (χ4v) is 1.92. The summed E-state index contributed by atoms with van der Waals surface area (Å²) in [5.41, 5.74) is -0.760. The Bertz CT molecular complexity index is 217. The molecule has 0 aromatic heterocycles. The molecule has 0 aliphatic rings. The zero-order chi connectivity index (χ0) is 12.8. The first-order valence-corrected chi connectivity index (χ1v) is 6.00. The van der Waals surface area contributed by atoms with Crippen LogP contribution in [0.3, 0.4) is 0 Å². The number of carboxylic acid groups (broad SMARTS) is 1. The van der Waals surface area contributed by atoms with E-state index in [2.05, 4.69) is 10.2 Å². The van der Waals surface area contributed by atoms with Crippen molar-refractivity contribution in [2.24, 2.45) is 0 Å². The summed E-state index contributed by atoms with van der Waals surface area (Å²) >= 11 is 0. The highest BCUT2D eigenvalue weighted by atomic mass is 16.4. The van der Waals surface area contributed by atoms with Gasteiger partial charge in [0.05, 0.1) is 0 Å². The van der Waals surface area contributed by atoms with E-state index in [0.717, 1.165) is 13.0 Å². The number of hydrogen-bond acceptors (Lipinski definition) is 3. The van der Waals surface area contributed by atoms with Crippen molar-refractivity contribution in [3.8, 4) is 0 Å². The minimum atomic E-state index is -0.760. The van der Waals surface area contributed by atoms with Crippen LogP contribution in [0.25, 0.3) is 0 Å². The quantitative estimate of drug-likeness (QED) is 0.664. The van der Waals surface area contributed by atoms with Crippen molar-refractivity contribution in [2.75, 3.05) is 20.6 Å². The third-order valence-corrected chi connectivity index (χ3v) is 2.79. The van der Waals surface area contributed by atoms with Gasteiger partial charge in [-0.25, -0.2) is 0 Å². The largest absolute Gasteiger partial charge is 0.480 e. The van der Waals surface area contributed by atoms with Crippen molar-refractivity contribution in [3.63, 3.8) is 0 Å². The van der Waals surface area contributed by atoms with E-state index >= 15 is 0 Å². The minimum absolute atomic E-state index is 0.190. The summed E-state index contributed by atoms with van der Waals surface area (Å²) < 4.78 is 0. The van der Waals surface area contributed by atoms with Crippen LogP contribution in [0.15, 0.2) is 0 Å². The van der Waals surface area contributed by atoms with Crippen molar-refractivity contribution in [1.29, 1.82) is 0 Å². The molecule has 4 nitrogen and oxygen atoms in total. The van der Waals surface area contributed by atoms with Crippen LogP contribution in [0.5, 0.6) is 0 Å². The van der Waals surface area contributed by atoms with Gasteiger partial charge in [0.15, 0.2) is 0 Å². The van der Waals surface area contributed by atoms with E-state index in [0.29, 0.717) is 12.8 Å². The molecular formula is C12H26N2O2. The van der Waals surface area contributed by atoms with Gasteiger partial charge in [-0.05, 0) is 53.8 Å². The van der Waals surface area contributed by atoms with Gasteiger partial charge in [0.25, 0.3) is 0 Å². The molecule has 0 radical (unpaired) electrons. The molecular weight excluding hydrogens is 204 g/mol. The summed E-state index contributed by atoms with van der Waals surface area (Å²) in [6, 6.07) is 0.190. The van der Waals surface area contributed by atoms with Gasteiger partial charge in [-0.3, -0.25) is 10.1 Å². The Kier molecular flexibility index (Phi) is 6.60. The number of nitrogens with one attached hydrogen (secondary N) is 1. The molecule has 1 unspecified atom stereocenters. The van der Waals surface area contributed by atoms with E-state index in [1.807, 2.05) is 34.9 Å². The minimum Gasteiger partial charge on any atom is -0.480 e.